The van der Waals surface area contributed by atoms with E-state index < -0.39 is 0 Å². The Bertz CT molecular complexity index is 713. The molecule has 2 amide bonds. The lowest BCUT2D eigenvalue weighted by Gasteiger charge is -2.10. The zero-order chi connectivity index (χ0) is 38.4. The Hall–Kier alpha value is -2.28. The second kappa shape index (κ2) is 51.1. The third-order valence-corrected chi connectivity index (χ3v) is 7.24. The summed E-state index contributed by atoms with van der Waals surface area (Å²) in [5, 5.41) is 24.5. The van der Waals surface area contributed by atoms with Gasteiger partial charge in [-0.1, -0.05) is 76.9 Å². The van der Waals surface area contributed by atoms with Crippen LogP contribution in [0.5, 0.6) is 0 Å². The van der Waals surface area contributed by atoms with Crippen LogP contribution in [0.25, 0.3) is 0 Å². The van der Waals surface area contributed by atoms with Crippen LogP contribution in [0.4, 0.5) is 0 Å². The molecular formula is C39H79N3O8. The van der Waals surface area contributed by atoms with E-state index in [-0.39, 0.29) is 18.4 Å². The summed E-state index contributed by atoms with van der Waals surface area (Å²) >= 11 is 0. The Morgan fingerprint density at radius 3 is 1.58 bits per heavy atom. The van der Waals surface area contributed by atoms with Crippen molar-refractivity contribution in [2.45, 2.75) is 123 Å². The maximum absolute atomic E-state index is 11.6. The summed E-state index contributed by atoms with van der Waals surface area (Å²) in [4.78, 5) is 23.1. The van der Waals surface area contributed by atoms with E-state index in [0.717, 1.165) is 26.4 Å². The monoisotopic (exact) mass is 718 g/mol. The number of hydrogen-bond acceptors (Lipinski definition) is 9. The first-order valence-electron chi connectivity index (χ1n) is 18.8. The van der Waals surface area contributed by atoms with Gasteiger partial charge in [0.2, 0.25) is 11.8 Å². The van der Waals surface area contributed by atoms with Gasteiger partial charge in [-0.25, -0.2) is 0 Å². The Balaban J connectivity index is -0.000000403. The topological polar surface area (TPSA) is 148 Å². The zero-order valence-corrected chi connectivity index (χ0v) is 32.7. The highest BCUT2D eigenvalue weighted by molar-refractivity contribution is 5.77. The minimum Gasteiger partial charge on any atom is -0.513 e. The Morgan fingerprint density at radius 1 is 0.680 bits per heavy atom. The summed E-state index contributed by atoms with van der Waals surface area (Å²) in [5.74, 6) is 0.176. The number of ether oxygens (including phenoxy) is 4. The molecule has 0 aromatic carbocycles. The van der Waals surface area contributed by atoms with Crippen LogP contribution in [0.1, 0.15) is 117 Å². The zero-order valence-electron chi connectivity index (χ0n) is 32.7. The third-order valence-electron chi connectivity index (χ3n) is 7.24. The van der Waals surface area contributed by atoms with Crippen molar-refractivity contribution in [3.05, 3.63) is 38.2 Å². The summed E-state index contributed by atoms with van der Waals surface area (Å²) < 4.78 is 21.0. The van der Waals surface area contributed by atoms with Crippen molar-refractivity contribution in [3.63, 3.8) is 0 Å². The lowest BCUT2D eigenvalue weighted by Crippen LogP contribution is -2.31. The molecule has 0 aromatic heterocycles. The van der Waals surface area contributed by atoms with Crippen LogP contribution in [0.2, 0.25) is 0 Å². The number of carbonyl (C=O) groups excluding carboxylic acids is 2. The lowest BCUT2D eigenvalue weighted by atomic mass is 10.0. The maximum atomic E-state index is 11.6. The van der Waals surface area contributed by atoms with Crippen LogP contribution in [0.3, 0.4) is 0 Å². The molecule has 0 bridgehead atoms. The highest BCUT2D eigenvalue weighted by Crippen LogP contribution is 2.13. The van der Waals surface area contributed by atoms with Gasteiger partial charge in [0.15, 0.2) is 0 Å². The molecule has 0 fully saturated rings. The molecule has 0 aliphatic heterocycles. The minimum atomic E-state index is -0.188. The van der Waals surface area contributed by atoms with Crippen molar-refractivity contribution in [3.8, 4) is 0 Å². The van der Waals surface area contributed by atoms with Gasteiger partial charge in [0.1, 0.15) is 6.61 Å². The molecule has 0 aromatic rings. The summed E-state index contributed by atoms with van der Waals surface area (Å²) in [6.07, 6.45) is 21.4. The number of unbranched alkanes of at least 4 members (excludes halogenated alkanes) is 12. The first kappa shape index (κ1) is 54.5. The van der Waals surface area contributed by atoms with Crippen LogP contribution in [-0.2, 0) is 28.5 Å². The molecule has 0 spiro atoms. The molecule has 0 saturated heterocycles. The van der Waals surface area contributed by atoms with Gasteiger partial charge < -0.3 is 45.1 Å². The second-order valence-corrected chi connectivity index (χ2v) is 11.5. The fourth-order valence-corrected chi connectivity index (χ4v) is 4.29. The van der Waals surface area contributed by atoms with E-state index in [1.165, 1.54) is 77.0 Å². The van der Waals surface area contributed by atoms with Crippen molar-refractivity contribution in [1.82, 2.24) is 16.0 Å². The average Bonchev–Trinajstić information content (AvgIpc) is 3.13. The van der Waals surface area contributed by atoms with Crippen molar-refractivity contribution in [1.29, 1.82) is 0 Å². The third kappa shape index (κ3) is 55.1. The summed E-state index contributed by atoms with van der Waals surface area (Å²) in [6, 6.07) is 0.328. The van der Waals surface area contributed by atoms with Crippen molar-refractivity contribution in [2.24, 2.45) is 0 Å². The van der Waals surface area contributed by atoms with E-state index in [1.54, 1.807) is 0 Å². The Labute approximate surface area is 307 Å². The van der Waals surface area contributed by atoms with Gasteiger partial charge in [-0.15, -0.1) is 19.7 Å². The van der Waals surface area contributed by atoms with Gasteiger partial charge in [0.25, 0.3) is 0 Å². The highest BCUT2D eigenvalue weighted by Gasteiger charge is 2.04. The number of amides is 2. The number of hydrogen-bond donors (Lipinski definition) is 5. The molecule has 1 atom stereocenters. The summed E-state index contributed by atoms with van der Waals surface area (Å²) in [7, 11) is 2.88. The van der Waals surface area contributed by atoms with E-state index >= 15 is 0 Å². The van der Waals surface area contributed by atoms with Gasteiger partial charge in [0.05, 0.1) is 45.4 Å². The van der Waals surface area contributed by atoms with E-state index in [9.17, 15) is 9.59 Å². The SMILES string of the molecule is C=C.C=CCCCCCCCCCCCCCCC(=C)O.CCOCCOCCNC(=O)COCCOCCNC(=O)CC[C@@H](C)NC.CO. The van der Waals surface area contributed by atoms with Gasteiger partial charge in [0, 0.05) is 45.7 Å². The van der Waals surface area contributed by atoms with E-state index in [4.69, 9.17) is 29.2 Å². The number of rotatable bonds is 34. The molecule has 298 valence electrons. The van der Waals surface area contributed by atoms with Gasteiger partial charge >= 0.3 is 0 Å². The predicted molar refractivity (Wildman–Crippen MR) is 209 cm³/mol. The number of carbonyl (C=O) groups is 2. The van der Waals surface area contributed by atoms with Crippen LogP contribution >= 0.6 is 0 Å². The molecule has 0 aliphatic rings. The van der Waals surface area contributed by atoms with Gasteiger partial charge in [-0.2, -0.15) is 0 Å². The number of allylic oxidation sites excluding steroid dienone is 2. The second-order valence-electron chi connectivity index (χ2n) is 11.5. The van der Waals surface area contributed by atoms with Crippen LogP contribution in [-0.4, -0.2) is 108 Å². The first-order chi connectivity index (χ1) is 24.4. The number of nitrogens with one attached hydrogen (secondary N) is 3. The average molecular weight is 718 g/mol. The lowest BCUT2D eigenvalue weighted by molar-refractivity contribution is -0.126. The molecule has 11 nitrogen and oxygen atoms in total. The summed E-state index contributed by atoms with van der Waals surface area (Å²) in [5.41, 5.74) is 0. The molecule has 0 saturated carbocycles. The molecule has 0 rings (SSSR count). The van der Waals surface area contributed by atoms with Crippen LogP contribution in [0.15, 0.2) is 38.2 Å². The van der Waals surface area contributed by atoms with Crippen molar-refractivity contribution in [2.75, 3.05) is 80.1 Å². The normalized spacial score (nSPS) is 10.7. The number of aliphatic hydroxyl groups is 2. The molecule has 50 heavy (non-hydrogen) atoms. The molecule has 0 radical (unpaired) electrons. The quantitative estimate of drug-likeness (QED) is 0.0275. The fourth-order valence-electron chi connectivity index (χ4n) is 4.29. The predicted octanol–water partition coefficient (Wildman–Crippen LogP) is 6.81. The molecule has 11 heteroatoms. The summed E-state index contributed by atoms with van der Waals surface area (Å²) in [6.45, 7) is 21.4. The smallest absolute Gasteiger partial charge is 0.246 e. The molecule has 0 unspecified atom stereocenters. The Kier molecular flexibility index (Phi) is 55.7. The molecule has 5 N–H and O–H groups in total. The standard InChI is InChI=1S/C18H37N3O6.C18H34O.C2H4.CH4O/c1-4-24-11-12-25-10-8-21-18(23)15-27-14-13-26-9-7-20-17(22)6-5-16(2)19-3;1-3-4-5-6-7-8-9-10-11-12-13-14-15-16-17-18(2)19;2*1-2/h16,19H,4-15H2,1-3H3,(H,20,22)(H,21,23);3,19H,1-2,4-17H2;1-2H2;2H,1H3/t16-;;;/m1.../s1. The highest BCUT2D eigenvalue weighted by atomic mass is 16.5. The van der Waals surface area contributed by atoms with E-state index in [2.05, 4.69) is 42.3 Å². The Morgan fingerprint density at radius 2 is 1.12 bits per heavy atom. The van der Waals surface area contributed by atoms with Gasteiger partial charge in [-0.3, -0.25) is 9.59 Å². The first-order valence-corrected chi connectivity index (χ1v) is 18.8. The van der Waals surface area contributed by atoms with E-state index in [1.807, 2.05) is 27.0 Å². The minimum absolute atomic E-state index is 0.0112. The fraction of sp³-hybridized carbons (Fsp3) is 0.795. The molecule has 0 heterocycles. The van der Waals surface area contributed by atoms with Crippen molar-refractivity contribution >= 4 is 11.8 Å². The molecule has 0 aliphatic carbocycles. The number of aliphatic hydroxyl groups excluding tert-OH is 2. The van der Waals surface area contributed by atoms with E-state index in [0.29, 0.717) is 77.6 Å². The van der Waals surface area contributed by atoms with Gasteiger partial charge in [-0.05, 0) is 46.6 Å². The van der Waals surface area contributed by atoms with Crippen molar-refractivity contribution < 1.29 is 38.7 Å². The molecular weight excluding hydrogens is 638 g/mol. The van der Waals surface area contributed by atoms with Crippen LogP contribution < -0.4 is 16.0 Å². The van der Waals surface area contributed by atoms with Crippen LogP contribution in [0, 0.1) is 0 Å². The largest absolute Gasteiger partial charge is 0.513 e. The maximum Gasteiger partial charge on any atom is 0.246 e.